The van der Waals surface area contributed by atoms with Crippen molar-refractivity contribution in [3.05, 3.63) is 35.9 Å². The molecule has 1 aliphatic carbocycles. The molecule has 6 nitrogen and oxygen atoms in total. The highest BCUT2D eigenvalue weighted by Gasteiger charge is 2.48. The summed E-state index contributed by atoms with van der Waals surface area (Å²) in [5.41, 5.74) is 0.664. The lowest BCUT2D eigenvalue weighted by Gasteiger charge is -2.38. The molecule has 0 bridgehead atoms. The van der Waals surface area contributed by atoms with Crippen LogP contribution in [0, 0.1) is 11.8 Å². The molecule has 32 heavy (non-hydrogen) atoms. The molecular formula is C26H37N3O3. The molecule has 3 fully saturated rings. The van der Waals surface area contributed by atoms with Gasteiger partial charge in [0.05, 0.1) is 0 Å². The highest BCUT2D eigenvalue weighted by atomic mass is 16.2. The molecule has 1 aromatic rings. The second-order valence-corrected chi connectivity index (χ2v) is 10.1. The van der Waals surface area contributed by atoms with E-state index in [9.17, 15) is 14.4 Å². The van der Waals surface area contributed by atoms with E-state index in [4.69, 9.17) is 0 Å². The average molecular weight is 440 g/mol. The Labute approximate surface area is 191 Å². The molecule has 0 spiro atoms. The van der Waals surface area contributed by atoms with Gasteiger partial charge in [0.25, 0.3) is 5.91 Å². The minimum absolute atomic E-state index is 0.0131. The van der Waals surface area contributed by atoms with Crippen molar-refractivity contribution in [3.63, 3.8) is 0 Å². The molecule has 0 radical (unpaired) electrons. The Hall–Kier alpha value is -2.37. The van der Waals surface area contributed by atoms with Crippen molar-refractivity contribution < 1.29 is 14.4 Å². The SMILES string of the molecule is CC(C)CCC(=O)N1CCN(C(=O)C2CC3CCCCC3N2C(=O)c2ccccc2)CC1. The number of benzene rings is 1. The molecule has 2 saturated heterocycles. The van der Waals surface area contributed by atoms with E-state index in [0.29, 0.717) is 50.0 Å². The summed E-state index contributed by atoms with van der Waals surface area (Å²) in [7, 11) is 0. The van der Waals surface area contributed by atoms with Crippen LogP contribution in [0.3, 0.4) is 0 Å². The summed E-state index contributed by atoms with van der Waals surface area (Å²) in [5, 5.41) is 0. The third-order valence-electron chi connectivity index (χ3n) is 7.51. The topological polar surface area (TPSA) is 60.9 Å². The van der Waals surface area contributed by atoms with Crippen molar-refractivity contribution in [1.82, 2.24) is 14.7 Å². The van der Waals surface area contributed by atoms with Gasteiger partial charge >= 0.3 is 0 Å². The summed E-state index contributed by atoms with van der Waals surface area (Å²) in [5.74, 6) is 1.18. The van der Waals surface area contributed by atoms with E-state index in [0.717, 1.165) is 32.1 Å². The van der Waals surface area contributed by atoms with Gasteiger partial charge in [-0.25, -0.2) is 0 Å². The highest BCUT2D eigenvalue weighted by Crippen LogP contribution is 2.41. The molecule has 0 N–H and O–H groups in total. The van der Waals surface area contributed by atoms with Crippen molar-refractivity contribution >= 4 is 17.7 Å². The van der Waals surface area contributed by atoms with Crippen LogP contribution in [0.2, 0.25) is 0 Å². The molecule has 3 atom stereocenters. The number of carbonyl (C=O) groups excluding carboxylic acids is 3. The normalized spacial score (nSPS) is 25.7. The molecule has 1 saturated carbocycles. The first kappa shape index (κ1) is 22.8. The highest BCUT2D eigenvalue weighted by molar-refractivity contribution is 5.98. The van der Waals surface area contributed by atoms with E-state index < -0.39 is 0 Å². The van der Waals surface area contributed by atoms with Crippen molar-refractivity contribution in [2.24, 2.45) is 11.8 Å². The van der Waals surface area contributed by atoms with Crippen molar-refractivity contribution in [2.75, 3.05) is 26.2 Å². The number of amides is 3. The van der Waals surface area contributed by atoms with Gasteiger partial charge in [-0.05, 0) is 49.7 Å². The molecule has 2 aliphatic heterocycles. The van der Waals surface area contributed by atoms with Crippen molar-refractivity contribution in [3.8, 4) is 0 Å². The maximum Gasteiger partial charge on any atom is 0.254 e. The van der Waals surface area contributed by atoms with Crippen LogP contribution in [0.25, 0.3) is 0 Å². The van der Waals surface area contributed by atoms with Crippen LogP contribution in [0.15, 0.2) is 30.3 Å². The fourth-order valence-electron chi connectivity index (χ4n) is 5.66. The van der Waals surface area contributed by atoms with Gasteiger partial charge in [0, 0.05) is 44.2 Å². The van der Waals surface area contributed by atoms with Gasteiger partial charge < -0.3 is 14.7 Å². The maximum atomic E-state index is 13.6. The summed E-state index contributed by atoms with van der Waals surface area (Å²) < 4.78 is 0. The summed E-state index contributed by atoms with van der Waals surface area (Å²) in [6, 6.07) is 9.17. The van der Waals surface area contributed by atoms with Gasteiger partial charge in [0.1, 0.15) is 6.04 Å². The van der Waals surface area contributed by atoms with Gasteiger partial charge in [-0.15, -0.1) is 0 Å². The number of nitrogens with zero attached hydrogens (tertiary/aromatic N) is 3. The Balaban J connectivity index is 1.43. The van der Waals surface area contributed by atoms with Crippen LogP contribution < -0.4 is 0 Å². The lowest BCUT2D eigenvalue weighted by molar-refractivity contribution is -0.142. The standard InChI is InChI=1S/C26H37N3O3/c1-19(2)12-13-24(30)27-14-16-28(17-15-27)26(32)23-18-21-10-6-7-11-22(21)29(23)25(31)20-8-4-3-5-9-20/h3-5,8-9,19,21-23H,6-7,10-18H2,1-2H3. The minimum Gasteiger partial charge on any atom is -0.339 e. The molecule has 6 heteroatoms. The van der Waals surface area contributed by atoms with Gasteiger partial charge in [-0.1, -0.05) is 44.9 Å². The summed E-state index contributed by atoms with van der Waals surface area (Å²) >= 11 is 0. The van der Waals surface area contributed by atoms with Crippen LogP contribution in [-0.2, 0) is 9.59 Å². The van der Waals surface area contributed by atoms with Gasteiger partial charge in [0.2, 0.25) is 11.8 Å². The molecule has 2 heterocycles. The molecule has 174 valence electrons. The number of hydrogen-bond acceptors (Lipinski definition) is 3. The average Bonchev–Trinajstić information content (AvgIpc) is 3.21. The Morgan fingerprint density at radius 3 is 2.28 bits per heavy atom. The van der Waals surface area contributed by atoms with Crippen LogP contribution in [0.4, 0.5) is 0 Å². The Bertz CT molecular complexity index is 817. The number of carbonyl (C=O) groups is 3. The number of hydrogen-bond donors (Lipinski definition) is 0. The quantitative estimate of drug-likeness (QED) is 0.705. The van der Waals surface area contributed by atoms with E-state index in [1.54, 1.807) is 0 Å². The van der Waals surface area contributed by atoms with Crippen LogP contribution in [0.1, 0.15) is 69.2 Å². The lowest BCUT2D eigenvalue weighted by Crippen LogP contribution is -2.56. The molecule has 3 amide bonds. The van der Waals surface area contributed by atoms with E-state index in [1.165, 1.54) is 6.42 Å². The summed E-state index contributed by atoms with van der Waals surface area (Å²) in [6.07, 6.45) is 6.66. The number of fused-ring (bicyclic) bond motifs is 1. The smallest absolute Gasteiger partial charge is 0.254 e. The Morgan fingerprint density at radius 1 is 0.938 bits per heavy atom. The number of likely N-dealkylation sites (tertiary alicyclic amines) is 1. The van der Waals surface area contributed by atoms with E-state index in [1.807, 2.05) is 45.0 Å². The molecule has 3 aliphatic rings. The van der Waals surface area contributed by atoms with Crippen molar-refractivity contribution in [1.29, 1.82) is 0 Å². The second kappa shape index (κ2) is 10.1. The number of piperazine rings is 1. The summed E-state index contributed by atoms with van der Waals surface area (Å²) in [4.78, 5) is 45.3. The summed E-state index contributed by atoms with van der Waals surface area (Å²) in [6.45, 7) is 6.57. The Morgan fingerprint density at radius 2 is 1.59 bits per heavy atom. The monoisotopic (exact) mass is 439 g/mol. The van der Waals surface area contributed by atoms with Crippen molar-refractivity contribution in [2.45, 2.75) is 70.9 Å². The largest absolute Gasteiger partial charge is 0.339 e. The van der Waals surface area contributed by atoms with Gasteiger partial charge in [-0.2, -0.15) is 0 Å². The van der Waals surface area contributed by atoms with Crippen LogP contribution >= 0.6 is 0 Å². The lowest BCUT2D eigenvalue weighted by atomic mass is 9.84. The third kappa shape index (κ3) is 4.84. The first-order chi connectivity index (χ1) is 15.5. The Kier molecular flexibility index (Phi) is 7.17. The molecular weight excluding hydrogens is 402 g/mol. The van der Waals surface area contributed by atoms with E-state index >= 15 is 0 Å². The van der Waals surface area contributed by atoms with E-state index in [2.05, 4.69) is 13.8 Å². The molecule has 4 rings (SSSR count). The van der Waals surface area contributed by atoms with E-state index in [-0.39, 0.29) is 29.8 Å². The fraction of sp³-hybridized carbons (Fsp3) is 0.654. The minimum atomic E-state index is -0.376. The predicted octanol–water partition coefficient (Wildman–Crippen LogP) is 3.57. The predicted molar refractivity (Wildman–Crippen MR) is 124 cm³/mol. The molecule has 3 unspecified atom stereocenters. The molecule has 1 aromatic carbocycles. The first-order valence-electron chi connectivity index (χ1n) is 12.4. The van der Waals surface area contributed by atoms with Gasteiger partial charge in [-0.3, -0.25) is 14.4 Å². The zero-order valence-corrected chi connectivity index (χ0v) is 19.5. The second-order valence-electron chi connectivity index (χ2n) is 10.1. The third-order valence-corrected chi connectivity index (χ3v) is 7.51. The maximum absolute atomic E-state index is 13.6. The zero-order chi connectivity index (χ0) is 22.7. The van der Waals surface area contributed by atoms with Crippen LogP contribution in [-0.4, -0.2) is 70.7 Å². The number of rotatable bonds is 5. The van der Waals surface area contributed by atoms with Gasteiger partial charge in [0.15, 0.2) is 0 Å². The molecule has 0 aromatic heterocycles. The fourth-order valence-corrected chi connectivity index (χ4v) is 5.66. The first-order valence-corrected chi connectivity index (χ1v) is 12.4. The zero-order valence-electron chi connectivity index (χ0n) is 19.5. The van der Waals surface area contributed by atoms with Crippen LogP contribution in [0.5, 0.6) is 0 Å².